The molecule has 0 aliphatic rings. The van der Waals surface area contributed by atoms with E-state index in [0.717, 1.165) is 12.1 Å². The van der Waals surface area contributed by atoms with Crippen molar-refractivity contribution in [3.05, 3.63) is 39.7 Å². The summed E-state index contributed by atoms with van der Waals surface area (Å²) in [5.74, 6) is -0.637. The van der Waals surface area contributed by atoms with Gasteiger partial charge in [-0.1, -0.05) is 19.9 Å². The smallest absolute Gasteiger partial charge is 0.304 e. The number of nitro benzene ring substituents is 1. The molecule has 2 N–H and O–H groups in total. The maximum atomic E-state index is 13.3. The third kappa shape index (κ3) is 5.31. The molecule has 1 aromatic rings. The van der Waals surface area contributed by atoms with E-state index in [2.05, 4.69) is 10.6 Å². The molecule has 0 radical (unpaired) electrons. The van der Waals surface area contributed by atoms with Crippen LogP contribution in [0, 0.1) is 21.8 Å². The van der Waals surface area contributed by atoms with Crippen LogP contribution in [0.3, 0.4) is 0 Å². The molecular formula is C13H18FN3O3. The topological polar surface area (TPSA) is 84.3 Å². The highest BCUT2D eigenvalue weighted by molar-refractivity contribution is 5.77. The first kappa shape index (κ1) is 16.0. The Morgan fingerprint density at radius 3 is 2.70 bits per heavy atom. The summed E-state index contributed by atoms with van der Waals surface area (Å²) in [5, 5.41) is 16.1. The second-order valence-corrected chi connectivity index (χ2v) is 4.84. The fourth-order valence-electron chi connectivity index (χ4n) is 1.51. The molecule has 0 saturated heterocycles. The predicted molar refractivity (Wildman–Crippen MR) is 72.6 cm³/mol. The van der Waals surface area contributed by atoms with Crippen LogP contribution in [0.4, 0.5) is 10.1 Å². The van der Waals surface area contributed by atoms with E-state index in [1.807, 2.05) is 13.8 Å². The second kappa shape index (κ2) is 7.54. The van der Waals surface area contributed by atoms with Crippen LogP contribution in [0.1, 0.15) is 19.4 Å². The number of nitro groups is 1. The number of halogens is 1. The van der Waals surface area contributed by atoms with Gasteiger partial charge in [0.05, 0.1) is 11.5 Å². The van der Waals surface area contributed by atoms with Gasteiger partial charge in [-0.3, -0.25) is 14.9 Å². The minimum Gasteiger partial charge on any atom is -0.355 e. The standard InChI is InChI=1S/C13H18FN3O3/c1-9(2)6-16-13(18)8-15-7-10-3-4-12(17(19)20)11(14)5-10/h3-5,9,15H,6-8H2,1-2H3,(H,16,18). The van der Waals surface area contributed by atoms with Crippen molar-refractivity contribution >= 4 is 11.6 Å². The minimum absolute atomic E-state index is 0.116. The van der Waals surface area contributed by atoms with Crippen LogP contribution in [0.5, 0.6) is 0 Å². The second-order valence-electron chi connectivity index (χ2n) is 4.84. The van der Waals surface area contributed by atoms with Crippen LogP contribution in [-0.2, 0) is 11.3 Å². The van der Waals surface area contributed by atoms with Gasteiger partial charge in [0.2, 0.25) is 11.7 Å². The van der Waals surface area contributed by atoms with Gasteiger partial charge in [0.25, 0.3) is 0 Å². The Morgan fingerprint density at radius 2 is 2.15 bits per heavy atom. The number of benzene rings is 1. The van der Waals surface area contributed by atoms with Gasteiger partial charge in [-0.05, 0) is 17.5 Å². The maximum absolute atomic E-state index is 13.3. The van der Waals surface area contributed by atoms with Crippen molar-refractivity contribution in [3.63, 3.8) is 0 Å². The quantitative estimate of drug-likeness (QED) is 0.588. The van der Waals surface area contributed by atoms with Gasteiger partial charge >= 0.3 is 5.69 Å². The Labute approximate surface area is 116 Å². The molecule has 0 aliphatic heterocycles. The number of nitrogens with one attached hydrogen (secondary N) is 2. The molecule has 0 spiro atoms. The summed E-state index contributed by atoms with van der Waals surface area (Å²) in [6, 6.07) is 3.67. The van der Waals surface area contributed by atoms with E-state index < -0.39 is 16.4 Å². The molecule has 110 valence electrons. The minimum atomic E-state index is -0.876. The molecule has 0 unspecified atom stereocenters. The van der Waals surface area contributed by atoms with Crippen molar-refractivity contribution < 1.29 is 14.1 Å². The van der Waals surface area contributed by atoms with Crippen molar-refractivity contribution in [2.45, 2.75) is 20.4 Å². The highest BCUT2D eigenvalue weighted by Crippen LogP contribution is 2.17. The summed E-state index contributed by atoms with van der Waals surface area (Å²) in [6.45, 7) is 4.97. The first-order valence-corrected chi connectivity index (χ1v) is 6.30. The van der Waals surface area contributed by atoms with Crippen LogP contribution >= 0.6 is 0 Å². The van der Waals surface area contributed by atoms with Crippen LogP contribution in [0.2, 0.25) is 0 Å². The first-order chi connectivity index (χ1) is 9.40. The van der Waals surface area contributed by atoms with Crippen LogP contribution in [0.25, 0.3) is 0 Å². The van der Waals surface area contributed by atoms with Crippen molar-refractivity contribution in [2.24, 2.45) is 5.92 Å². The Balaban J connectivity index is 2.41. The highest BCUT2D eigenvalue weighted by Gasteiger charge is 2.13. The lowest BCUT2D eigenvalue weighted by Crippen LogP contribution is -2.35. The van der Waals surface area contributed by atoms with Gasteiger partial charge in [0.1, 0.15) is 0 Å². The van der Waals surface area contributed by atoms with E-state index in [1.54, 1.807) is 0 Å². The summed E-state index contributed by atoms with van der Waals surface area (Å²) < 4.78 is 13.3. The van der Waals surface area contributed by atoms with Crippen molar-refractivity contribution in [1.82, 2.24) is 10.6 Å². The van der Waals surface area contributed by atoms with Gasteiger partial charge in [-0.2, -0.15) is 4.39 Å². The summed E-state index contributed by atoms with van der Waals surface area (Å²) in [4.78, 5) is 21.1. The predicted octanol–water partition coefficient (Wildman–Crippen LogP) is 1.60. The Bertz CT molecular complexity index is 492. The van der Waals surface area contributed by atoms with E-state index >= 15 is 0 Å². The molecule has 0 atom stereocenters. The third-order valence-corrected chi connectivity index (χ3v) is 2.53. The maximum Gasteiger partial charge on any atom is 0.304 e. The number of carbonyl (C=O) groups is 1. The zero-order chi connectivity index (χ0) is 15.1. The van der Waals surface area contributed by atoms with Crippen LogP contribution in [-0.4, -0.2) is 23.9 Å². The number of carbonyl (C=O) groups excluding carboxylic acids is 1. The van der Waals surface area contributed by atoms with Crippen LogP contribution < -0.4 is 10.6 Å². The lowest BCUT2D eigenvalue weighted by molar-refractivity contribution is -0.387. The molecule has 1 rings (SSSR count). The molecule has 1 aromatic carbocycles. The Kier molecular flexibility index (Phi) is 6.05. The third-order valence-electron chi connectivity index (χ3n) is 2.53. The van der Waals surface area contributed by atoms with Gasteiger partial charge in [-0.15, -0.1) is 0 Å². The van der Waals surface area contributed by atoms with Gasteiger partial charge in [0, 0.05) is 19.2 Å². The summed E-state index contributed by atoms with van der Waals surface area (Å²) in [6.07, 6.45) is 0. The molecule has 0 heterocycles. The fraction of sp³-hybridized carbons (Fsp3) is 0.462. The summed E-state index contributed by atoms with van der Waals surface area (Å²) in [7, 11) is 0. The van der Waals surface area contributed by atoms with Crippen molar-refractivity contribution in [3.8, 4) is 0 Å². The molecule has 0 fully saturated rings. The molecule has 7 heteroatoms. The Hall–Kier alpha value is -2.02. The van der Waals surface area contributed by atoms with E-state index in [4.69, 9.17) is 0 Å². The zero-order valence-corrected chi connectivity index (χ0v) is 11.5. The van der Waals surface area contributed by atoms with Gasteiger partial charge in [0.15, 0.2) is 0 Å². The normalized spacial score (nSPS) is 10.6. The van der Waals surface area contributed by atoms with E-state index in [0.29, 0.717) is 18.0 Å². The number of nitrogens with zero attached hydrogens (tertiary/aromatic N) is 1. The average Bonchev–Trinajstić information content (AvgIpc) is 2.36. The SMILES string of the molecule is CC(C)CNC(=O)CNCc1ccc([N+](=O)[O-])c(F)c1. The van der Waals surface area contributed by atoms with Gasteiger partial charge in [-0.25, -0.2) is 0 Å². The fourth-order valence-corrected chi connectivity index (χ4v) is 1.51. The molecule has 0 aliphatic carbocycles. The van der Waals surface area contributed by atoms with Crippen molar-refractivity contribution in [1.29, 1.82) is 0 Å². The molecule has 0 aromatic heterocycles. The number of hydrogen-bond donors (Lipinski definition) is 2. The van der Waals surface area contributed by atoms with Gasteiger partial charge < -0.3 is 10.6 Å². The molecule has 0 bridgehead atoms. The average molecular weight is 283 g/mol. The van der Waals surface area contributed by atoms with E-state index in [9.17, 15) is 19.3 Å². The lowest BCUT2D eigenvalue weighted by Gasteiger charge is -2.08. The summed E-state index contributed by atoms with van der Waals surface area (Å²) >= 11 is 0. The highest BCUT2D eigenvalue weighted by atomic mass is 19.1. The largest absolute Gasteiger partial charge is 0.355 e. The summed E-state index contributed by atoms with van der Waals surface area (Å²) in [5.41, 5.74) is -0.00631. The molecular weight excluding hydrogens is 265 g/mol. The van der Waals surface area contributed by atoms with E-state index in [-0.39, 0.29) is 19.0 Å². The van der Waals surface area contributed by atoms with E-state index in [1.165, 1.54) is 6.07 Å². The first-order valence-electron chi connectivity index (χ1n) is 6.30. The zero-order valence-electron chi connectivity index (χ0n) is 11.5. The molecule has 0 saturated carbocycles. The van der Waals surface area contributed by atoms with Crippen molar-refractivity contribution in [2.75, 3.05) is 13.1 Å². The molecule has 1 amide bonds. The monoisotopic (exact) mass is 283 g/mol. The Morgan fingerprint density at radius 1 is 1.45 bits per heavy atom. The molecule has 6 nitrogen and oxygen atoms in total. The number of hydrogen-bond acceptors (Lipinski definition) is 4. The number of amides is 1. The number of rotatable bonds is 7. The van der Waals surface area contributed by atoms with Crippen LogP contribution in [0.15, 0.2) is 18.2 Å². The molecule has 20 heavy (non-hydrogen) atoms. The lowest BCUT2D eigenvalue weighted by atomic mass is 10.2.